The van der Waals surface area contributed by atoms with E-state index in [4.69, 9.17) is 4.74 Å². The molecule has 0 radical (unpaired) electrons. The van der Waals surface area contributed by atoms with Crippen molar-refractivity contribution >= 4 is 6.08 Å². The van der Waals surface area contributed by atoms with Gasteiger partial charge in [0.15, 0.2) is 5.75 Å². The standard InChI is InChI=1S/C13H23N3O/c1-4-9-14-10-7-6-8-12-13(17-3)11-15-16(12)5-2/h6,8,11,14H,4-5,7,9-10H2,1-3H3/b8-6+. The molecule has 1 heterocycles. The number of methoxy groups -OCH3 is 1. The Morgan fingerprint density at radius 1 is 1.41 bits per heavy atom. The number of nitrogens with zero attached hydrogens (tertiary/aromatic N) is 2. The van der Waals surface area contributed by atoms with Gasteiger partial charge in [0, 0.05) is 6.54 Å². The Morgan fingerprint density at radius 3 is 2.88 bits per heavy atom. The summed E-state index contributed by atoms with van der Waals surface area (Å²) in [6, 6.07) is 0. The molecule has 0 bridgehead atoms. The van der Waals surface area contributed by atoms with E-state index >= 15 is 0 Å². The number of ether oxygens (including phenoxy) is 1. The summed E-state index contributed by atoms with van der Waals surface area (Å²) in [5.74, 6) is 0.838. The predicted molar refractivity (Wildman–Crippen MR) is 71.3 cm³/mol. The van der Waals surface area contributed by atoms with E-state index in [0.717, 1.165) is 37.5 Å². The summed E-state index contributed by atoms with van der Waals surface area (Å²) in [6.45, 7) is 7.22. The van der Waals surface area contributed by atoms with Gasteiger partial charge in [-0.25, -0.2) is 0 Å². The molecule has 0 aromatic carbocycles. The van der Waals surface area contributed by atoms with Gasteiger partial charge < -0.3 is 10.1 Å². The van der Waals surface area contributed by atoms with E-state index in [1.54, 1.807) is 13.3 Å². The number of aryl methyl sites for hydroxylation is 1. The SMILES string of the molecule is CCCNCC/C=C/c1c(OC)cnn1CC. The van der Waals surface area contributed by atoms with Gasteiger partial charge in [-0.1, -0.05) is 13.0 Å². The molecule has 0 aliphatic carbocycles. The van der Waals surface area contributed by atoms with Crippen LogP contribution < -0.4 is 10.1 Å². The van der Waals surface area contributed by atoms with Gasteiger partial charge in [0.1, 0.15) is 5.69 Å². The lowest BCUT2D eigenvalue weighted by Crippen LogP contribution is -2.15. The highest BCUT2D eigenvalue weighted by Crippen LogP contribution is 2.18. The molecule has 0 unspecified atom stereocenters. The number of rotatable bonds is 8. The highest BCUT2D eigenvalue weighted by atomic mass is 16.5. The zero-order valence-corrected chi connectivity index (χ0v) is 11.1. The fourth-order valence-electron chi connectivity index (χ4n) is 1.64. The third kappa shape index (κ3) is 4.23. The highest BCUT2D eigenvalue weighted by Gasteiger charge is 2.05. The number of hydrogen-bond acceptors (Lipinski definition) is 3. The summed E-state index contributed by atoms with van der Waals surface area (Å²) in [4.78, 5) is 0. The smallest absolute Gasteiger partial charge is 0.164 e. The van der Waals surface area contributed by atoms with Gasteiger partial charge in [-0.2, -0.15) is 5.10 Å². The van der Waals surface area contributed by atoms with Crippen LogP contribution >= 0.6 is 0 Å². The molecule has 0 amide bonds. The molecule has 0 aliphatic heterocycles. The van der Waals surface area contributed by atoms with Crippen LogP contribution in [0.4, 0.5) is 0 Å². The van der Waals surface area contributed by atoms with Gasteiger partial charge in [0.25, 0.3) is 0 Å². The lowest BCUT2D eigenvalue weighted by molar-refractivity contribution is 0.412. The van der Waals surface area contributed by atoms with Gasteiger partial charge >= 0.3 is 0 Å². The fraction of sp³-hybridized carbons (Fsp3) is 0.615. The summed E-state index contributed by atoms with van der Waals surface area (Å²) in [5.41, 5.74) is 1.05. The third-order valence-electron chi connectivity index (χ3n) is 2.55. The Morgan fingerprint density at radius 2 is 2.24 bits per heavy atom. The van der Waals surface area contributed by atoms with E-state index in [0.29, 0.717) is 0 Å². The summed E-state index contributed by atoms with van der Waals surface area (Å²) in [7, 11) is 1.68. The van der Waals surface area contributed by atoms with E-state index in [1.807, 2.05) is 4.68 Å². The van der Waals surface area contributed by atoms with Crippen molar-refractivity contribution in [3.8, 4) is 5.75 Å². The molecule has 4 heteroatoms. The topological polar surface area (TPSA) is 39.1 Å². The van der Waals surface area contributed by atoms with Gasteiger partial charge in [0.05, 0.1) is 13.3 Å². The summed E-state index contributed by atoms with van der Waals surface area (Å²) < 4.78 is 7.21. The van der Waals surface area contributed by atoms with Crippen LogP contribution in [-0.2, 0) is 6.54 Å². The van der Waals surface area contributed by atoms with E-state index in [2.05, 4.69) is 36.4 Å². The molecule has 1 aromatic rings. The Hall–Kier alpha value is -1.29. The molecule has 1 rings (SSSR count). The van der Waals surface area contributed by atoms with Crippen molar-refractivity contribution in [2.45, 2.75) is 33.2 Å². The maximum atomic E-state index is 5.27. The lowest BCUT2D eigenvalue weighted by atomic mass is 10.3. The zero-order chi connectivity index (χ0) is 12.5. The molecule has 0 saturated heterocycles. The van der Waals surface area contributed by atoms with Gasteiger partial charge in [-0.3, -0.25) is 4.68 Å². The summed E-state index contributed by atoms with van der Waals surface area (Å²) >= 11 is 0. The average Bonchev–Trinajstić information content (AvgIpc) is 2.75. The van der Waals surface area contributed by atoms with E-state index < -0.39 is 0 Å². The van der Waals surface area contributed by atoms with Crippen molar-refractivity contribution in [3.63, 3.8) is 0 Å². The monoisotopic (exact) mass is 237 g/mol. The van der Waals surface area contributed by atoms with Crippen molar-refractivity contribution in [3.05, 3.63) is 18.0 Å². The van der Waals surface area contributed by atoms with Crippen molar-refractivity contribution in [1.29, 1.82) is 0 Å². The minimum Gasteiger partial charge on any atom is -0.493 e. The van der Waals surface area contributed by atoms with E-state index in [-0.39, 0.29) is 0 Å². The normalized spacial score (nSPS) is 11.2. The van der Waals surface area contributed by atoms with Crippen LogP contribution in [0.5, 0.6) is 5.75 Å². The van der Waals surface area contributed by atoms with Crippen LogP contribution in [0.3, 0.4) is 0 Å². The molecule has 4 nitrogen and oxygen atoms in total. The van der Waals surface area contributed by atoms with E-state index in [1.165, 1.54) is 6.42 Å². The first-order valence-electron chi connectivity index (χ1n) is 6.30. The second kappa shape index (κ2) is 7.90. The van der Waals surface area contributed by atoms with Gasteiger partial charge in [-0.05, 0) is 38.9 Å². The Balaban J connectivity index is 2.48. The summed E-state index contributed by atoms with van der Waals surface area (Å²) in [6.07, 6.45) is 8.22. The lowest BCUT2D eigenvalue weighted by Gasteiger charge is -2.02. The van der Waals surface area contributed by atoms with Crippen molar-refractivity contribution in [2.24, 2.45) is 0 Å². The highest BCUT2D eigenvalue weighted by molar-refractivity contribution is 5.52. The van der Waals surface area contributed by atoms with Gasteiger partial charge in [-0.15, -0.1) is 0 Å². The molecular formula is C13H23N3O. The Bertz CT molecular complexity index is 323. The van der Waals surface area contributed by atoms with Crippen molar-refractivity contribution in [1.82, 2.24) is 15.1 Å². The molecule has 17 heavy (non-hydrogen) atoms. The van der Waals surface area contributed by atoms with E-state index in [9.17, 15) is 0 Å². The fourth-order valence-corrected chi connectivity index (χ4v) is 1.64. The van der Waals surface area contributed by atoms with Crippen LogP contribution in [0.25, 0.3) is 6.08 Å². The van der Waals surface area contributed by atoms with Gasteiger partial charge in [0.2, 0.25) is 0 Å². The molecule has 0 saturated carbocycles. The number of aromatic nitrogens is 2. The molecule has 0 aliphatic rings. The molecule has 96 valence electrons. The Kier molecular flexibility index (Phi) is 6.40. The van der Waals surface area contributed by atoms with Crippen molar-refractivity contribution < 1.29 is 4.74 Å². The molecule has 0 atom stereocenters. The third-order valence-corrected chi connectivity index (χ3v) is 2.55. The number of nitrogens with one attached hydrogen (secondary N) is 1. The summed E-state index contributed by atoms with van der Waals surface area (Å²) in [5, 5.41) is 7.63. The average molecular weight is 237 g/mol. The Labute approximate surface area is 104 Å². The zero-order valence-electron chi connectivity index (χ0n) is 11.1. The van der Waals surface area contributed by atoms with Crippen LogP contribution in [0, 0.1) is 0 Å². The van der Waals surface area contributed by atoms with Crippen LogP contribution in [0.15, 0.2) is 12.3 Å². The van der Waals surface area contributed by atoms with Crippen LogP contribution in [0.1, 0.15) is 32.4 Å². The second-order valence-corrected chi connectivity index (χ2v) is 3.85. The minimum atomic E-state index is 0.838. The first-order chi connectivity index (χ1) is 8.33. The maximum Gasteiger partial charge on any atom is 0.164 e. The molecule has 1 aromatic heterocycles. The molecule has 1 N–H and O–H groups in total. The van der Waals surface area contributed by atoms with Crippen LogP contribution in [0.2, 0.25) is 0 Å². The first kappa shape index (κ1) is 13.8. The molecule has 0 spiro atoms. The minimum absolute atomic E-state index is 0.838. The first-order valence-corrected chi connectivity index (χ1v) is 6.30. The van der Waals surface area contributed by atoms with Crippen molar-refractivity contribution in [2.75, 3.05) is 20.2 Å². The predicted octanol–water partition coefficient (Wildman–Crippen LogP) is 2.31. The largest absolute Gasteiger partial charge is 0.493 e. The second-order valence-electron chi connectivity index (χ2n) is 3.85. The molecular weight excluding hydrogens is 214 g/mol. The molecule has 0 fully saturated rings. The number of hydrogen-bond donors (Lipinski definition) is 1. The quantitative estimate of drug-likeness (QED) is 0.705. The van der Waals surface area contributed by atoms with Crippen LogP contribution in [-0.4, -0.2) is 30.0 Å². The maximum absolute atomic E-state index is 5.27.